The molecular weight excluding hydrogens is 892 g/mol. The highest BCUT2D eigenvalue weighted by Crippen LogP contribution is 2.63. The minimum Gasteiger partial charge on any atom is -0.395 e. The molecule has 332 valence electrons. The van der Waals surface area contributed by atoms with Gasteiger partial charge in [-0.15, -0.1) is 23.5 Å². The SMILES string of the molecule is CC(CCN(CCO)CCO)(SCCC(F)(F)C(F)(F)C(F)(F)C(F)(F)C(F)(F)C(F)(F)F)SCCC(F)(F)C(F)(F)C(F)(F)C(F)(F)C(F)(F)C(F)(F)F. The van der Waals surface area contributed by atoms with Gasteiger partial charge in [-0.2, -0.15) is 114 Å². The summed E-state index contributed by atoms with van der Waals surface area (Å²) < 4.78 is 346. The zero-order chi connectivity index (χ0) is 44.6. The van der Waals surface area contributed by atoms with E-state index in [1.54, 1.807) is 0 Å². The van der Waals surface area contributed by atoms with Gasteiger partial charge in [-0.1, -0.05) is 0 Å². The van der Waals surface area contributed by atoms with Gasteiger partial charge in [0.25, 0.3) is 0 Å². The Kier molecular flexibility index (Phi) is 16.4. The van der Waals surface area contributed by atoms with E-state index in [4.69, 9.17) is 10.2 Å². The molecule has 0 rings (SSSR count). The summed E-state index contributed by atoms with van der Waals surface area (Å²) in [6.07, 6.45) is -22.0. The van der Waals surface area contributed by atoms with Crippen LogP contribution in [0.25, 0.3) is 0 Å². The fourth-order valence-electron chi connectivity index (χ4n) is 3.87. The standard InChI is InChI=1S/C24H25F26NO2S2/c1-12(2-5-51(6-8-52)7-9-53,54-10-3-13(25,26)15(29,30)17(33,34)19(37,38)21(41,42)23(45,46)47)55-11-4-14(27,28)16(31,32)18(35,36)20(39,40)22(43,44)24(48,49)50/h52-53H,2-11H2,1H3. The van der Waals surface area contributed by atoms with Crippen LogP contribution in [0.2, 0.25) is 0 Å². The Labute approximate surface area is 299 Å². The summed E-state index contributed by atoms with van der Waals surface area (Å²) in [5, 5.41) is 18.1. The Balaban J connectivity index is 6.52. The Morgan fingerprint density at radius 3 is 0.855 bits per heavy atom. The van der Waals surface area contributed by atoms with Gasteiger partial charge in [0.15, 0.2) is 0 Å². The molecule has 0 spiro atoms. The highest BCUT2D eigenvalue weighted by atomic mass is 32.2. The number of nitrogens with zero attached hydrogens (tertiary/aromatic N) is 1. The minimum atomic E-state index is -8.26. The summed E-state index contributed by atoms with van der Waals surface area (Å²) in [4.78, 5) is 1.01. The average molecular weight is 918 g/mol. The summed E-state index contributed by atoms with van der Waals surface area (Å²) >= 11 is -0.681. The molecule has 0 atom stereocenters. The van der Waals surface area contributed by atoms with E-state index in [0.717, 1.165) is 4.90 Å². The molecule has 0 aromatic carbocycles. The number of hydrogen-bond acceptors (Lipinski definition) is 5. The third-order valence-corrected chi connectivity index (χ3v) is 10.5. The van der Waals surface area contributed by atoms with Crippen molar-refractivity contribution in [2.45, 2.75) is 102 Å². The number of rotatable bonds is 23. The summed E-state index contributed by atoms with van der Waals surface area (Å²) in [7, 11) is 0. The quantitative estimate of drug-likeness (QED) is 0.0790. The lowest BCUT2D eigenvalue weighted by Gasteiger charge is -2.40. The maximum absolute atomic E-state index is 14.3. The fourth-order valence-corrected chi connectivity index (χ4v) is 6.76. The van der Waals surface area contributed by atoms with Crippen molar-refractivity contribution >= 4 is 23.5 Å². The van der Waals surface area contributed by atoms with Crippen molar-refractivity contribution < 1.29 is 124 Å². The molecule has 3 nitrogen and oxygen atoms in total. The first-order chi connectivity index (χ1) is 23.9. The van der Waals surface area contributed by atoms with Crippen LogP contribution in [0.3, 0.4) is 0 Å². The number of aliphatic hydroxyl groups excluding tert-OH is 2. The number of alkyl halides is 26. The number of halogens is 26. The molecule has 55 heavy (non-hydrogen) atoms. The Bertz CT molecular complexity index is 1150. The van der Waals surface area contributed by atoms with Crippen molar-refractivity contribution in [2.24, 2.45) is 0 Å². The molecule has 0 aliphatic carbocycles. The van der Waals surface area contributed by atoms with E-state index in [2.05, 4.69) is 0 Å². The van der Waals surface area contributed by atoms with Gasteiger partial charge < -0.3 is 10.2 Å². The molecule has 0 aromatic heterocycles. The number of aliphatic hydroxyl groups is 2. The van der Waals surface area contributed by atoms with Crippen LogP contribution in [0, 0.1) is 0 Å². The van der Waals surface area contributed by atoms with Crippen molar-refractivity contribution in [3.63, 3.8) is 0 Å². The highest BCUT2D eigenvalue weighted by molar-refractivity contribution is 8.18. The molecule has 0 saturated carbocycles. The Morgan fingerprint density at radius 1 is 0.364 bits per heavy atom. The van der Waals surface area contributed by atoms with Crippen LogP contribution in [0.1, 0.15) is 26.2 Å². The normalized spacial score (nSPS) is 16.0. The van der Waals surface area contributed by atoms with E-state index in [9.17, 15) is 114 Å². The van der Waals surface area contributed by atoms with Crippen LogP contribution < -0.4 is 0 Å². The second-order valence-electron chi connectivity index (χ2n) is 11.4. The zero-order valence-corrected chi connectivity index (χ0v) is 28.2. The average Bonchev–Trinajstić information content (AvgIpc) is 2.98. The van der Waals surface area contributed by atoms with Crippen LogP contribution in [-0.2, 0) is 0 Å². The largest absolute Gasteiger partial charge is 0.460 e. The van der Waals surface area contributed by atoms with E-state index in [1.165, 1.54) is 0 Å². The van der Waals surface area contributed by atoms with E-state index < -0.39 is 139 Å². The van der Waals surface area contributed by atoms with Gasteiger partial charge in [0, 0.05) is 44.0 Å². The second kappa shape index (κ2) is 16.8. The number of thioether (sulfide) groups is 2. The van der Waals surface area contributed by atoms with Crippen molar-refractivity contribution in [3.05, 3.63) is 0 Å². The lowest BCUT2D eigenvalue weighted by atomic mass is 9.93. The minimum absolute atomic E-state index is 0.340. The molecule has 2 N–H and O–H groups in total. The first kappa shape index (κ1) is 53.8. The third kappa shape index (κ3) is 9.97. The van der Waals surface area contributed by atoms with Gasteiger partial charge in [-0.25, -0.2) is 0 Å². The van der Waals surface area contributed by atoms with Crippen molar-refractivity contribution in [1.29, 1.82) is 0 Å². The monoisotopic (exact) mass is 917 g/mol. The Morgan fingerprint density at radius 2 is 0.618 bits per heavy atom. The van der Waals surface area contributed by atoms with Gasteiger partial charge in [0.2, 0.25) is 0 Å². The zero-order valence-electron chi connectivity index (χ0n) is 26.6. The summed E-state index contributed by atoms with van der Waals surface area (Å²) in [6, 6.07) is 0. The van der Waals surface area contributed by atoms with E-state index in [1.807, 2.05) is 0 Å². The van der Waals surface area contributed by atoms with Gasteiger partial charge in [-0.05, 0) is 13.3 Å². The smallest absolute Gasteiger partial charge is 0.395 e. The summed E-state index contributed by atoms with van der Waals surface area (Å²) in [5.41, 5.74) is 0. The van der Waals surface area contributed by atoms with E-state index in [0.29, 0.717) is 6.92 Å². The van der Waals surface area contributed by atoms with Crippen LogP contribution in [-0.4, -0.2) is 135 Å². The molecule has 0 radical (unpaired) electrons. The fraction of sp³-hybridized carbons (Fsp3) is 1.00. The maximum atomic E-state index is 14.3. The first-order valence-electron chi connectivity index (χ1n) is 14.0. The van der Waals surface area contributed by atoms with Crippen molar-refractivity contribution in [1.82, 2.24) is 4.90 Å². The topological polar surface area (TPSA) is 43.7 Å². The molecule has 0 aliphatic rings. The predicted molar refractivity (Wildman–Crippen MR) is 139 cm³/mol. The molecule has 0 fully saturated rings. The molecule has 0 aliphatic heterocycles. The predicted octanol–water partition coefficient (Wildman–Crippen LogP) is 10.1. The van der Waals surface area contributed by atoms with Gasteiger partial charge in [-0.3, -0.25) is 4.90 Å². The lowest BCUT2D eigenvalue weighted by Crippen LogP contribution is -2.70. The van der Waals surface area contributed by atoms with Crippen LogP contribution in [0.5, 0.6) is 0 Å². The molecule has 0 amide bonds. The van der Waals surface area contributed by atoms with Crippen LogP contribution in [0.15, 0.2) is 0 Å². The molecule has 0 heterocycles. The first-order valence-corrected chi connectivity index (χ1v) is 16.0. The third-order valence-electron chi connectivity index (χ3n) is 7.36. The number of hydrogen-bond donors (Lipinski definition) is 2. The summed E-state index contributed by atoms with van der Waals surface area (Å²) in [6.45, 7) is -2.32. The highest BCUT2D eigenvalue weighted by Gasteiger charge is 2.92. The molecule has 0 aromatic rings. The molecule has 0 bridgehead atoms. The summed E-state index contributed by atoms with van der Waals surface area (Å²) in [5.74, 6) is -81.6. The molecule has 31 heteroatoms. The van der Waals surface area contributed by atoms with Crippen molar-refractivity contribution in [3.8, 4) is 0 Å². The van der Waals surface area contributed by atoms with Gasteiger partial charge in [0.1, 0.15) is 0 Å². The Hall–Kier alpha value is -1.24. The molecule has 0 unspecified atom stereocenters. The molecular formula is C24H25F26NO2S2. The van der Waals surface area contributed by atoms with Crippen LogP contribution >= 0.6 is 23.5 Å². The van der Waals surface area contributed by atoms with Crippen molar-refractivity contribution in [2.75, 3.05) is 44.4 Å². The van der Waals surface area contributed by atoms with E-state index >= 15 is 0 Å². The van der Waals surface area contributed by atoms with E-state index in [-0.39, 0.29) is 23.5 Å². The van der Waals surface area contributed by atoms with Gasteiger partial charge >= 0.3 is 71.6 Å². The maximum Gasteiger partial charge on any atom is 0.460 e. The molecule has 0 saturated heterocycles. The van der Waals surface area contributed by atoms with Crippen LogP contribution in [0.4, 0.5) is 114 Å². The van der Waals surface area contributed by atoms with Gasteiger partial charge in [0.05, 0.1) is 17.3 Å². The second-order valence-corrected chi connectivity index (χ2v) is 14.8. The lowest BCUT2D eigenvalue weighted by molar-refractivity contribution is -0.439.